The number of aromatic nitrogens is 6. The minimum absolute atomic E-state index is 0.421. The largest absolute Gasteiger partial charge is 0.383 e. The number of hydrogen-bond acceptors (Lipinski definition) is 5. The summed E-state index contributed by atoms with van der Waals surface area (Å²) in [5.41, 5.74) is 9.08. The molecule has 7 heteroatoms. The van der Waals surface area contributed by atoms with Crippen LogP contribution in [-0.4, -0.2) is 29.7 Å². The first-order valence-corrected chi connectivity index (χ1v) is 6.11. The molecule has 4 rings (SSSR count). The molecule has 0 saturated heterocycles. The summed E-state index contributed by atoms with van der Waals surface area (Å²) in [7, 11) is 1.83. The molecule has 3 N–H and O–H groups in total. The normalized spacial score (nSPS) is 11.4. The van der Waals surface area contributed by atoms with Crippen molar-refractivity contribution in [1.82, 2.24) is 29.7 Å². The number of nitrogens with one attached hydrogen (secondary N) is 1. The molecule has 0 radical (unpaired) electrons. The number of nitrogen functional groups attached to an aromatic ring is 1. The molecular formula is C13H11N7. The van der Waals surface area contributed by atoms with E-state index in [4.69, 9.17) is 5.73 Å². The SMILES string of the molecule is Cn1nc(-c2cc3cccnc3[nH]2)c2c(N)ncnc21. The van der Waals surface area contributed by atoms with Crippen LogP contribution in [0.2, 0.25) is 0 Å². The second-order valence-corrected chi connectivity index (χ2v) is 4.55. The molecule has 4 heterocycles. The Labute approximate surface area is 113 Å². The average molecular weight is 265 g/mol. The van der Waals surface area contributed by atoms with Crippen LogP contribution in [0.1, 0.15) is 0 Å². The first-order valence-electron chi connectivity index (χ1n) is 6.11. The smallest absolute Gasteiger partial charge is 0.163 e. The van der Waals surface area contributed by atoms with Crippen LogP contribution >= 0.6 is 0 Å². The molecule has 0 spiro atoms. The predicted octanol–water partition coefficient (Wildman–Crippen LogP) is 1.49. The van der Waals surface area contributed by atoms with Crippen molar-refractivity contribution in [3.8, 4) is 11.4 Å². The first-order chi connectivity index (χ1) is 9.74. The summed E-state index contributed by atoms with van der Waals surface area (Å²) in [6, 6.07) is 5.89. The molecule has 20 heavy (non-hydrogen) atoms. The van der Waals surface area contributed by atoms with Gasteiger partial charge in [0.15, 0.2) is 5.65 Å². The van der Waals surface area contributed by atoms with Gasteiger partial charge in [0.1, 0.15) is 23.5 Å². The first kappa shape index (κ1) is 10.9. The zero-order chi connectivity index (χ0) is 13.7. The molecule has 0 bridgehead atoms. The zero-order valence-corrected chi connectivity index (χ0v) is 10.7. The molecule has 0 aliphatic rings. The van der Waals surface area contributed by atoms with Gasteiger partial charge in [-0.3, -0.25) is 0 Å². The van der Waals surface area contributed by atoms with E-state index < -0.39 is 0 Å². The zero-order valence-electron chi connectivity index (χ0n) is 10.7. The molecule has 0 aliphatic carbocycles. The Kier molecular flexibility index (Phi) is 2.06. The molecule has 7 nitrogen and oxygen atoms in total. The van der Waals surface area contributed by atoms with Gasteiger partial charge in [-0.25, -0.2) is 19.6 Å². The van der Waals surface area contributed by atoms with E-state index in [0.29, 0.717) is 11.5 Å². The van der Waals surface area contributed by atoms with Crippen LogP contribution in [0.25, 0.3) is 33.5 Å². The topological polar surface area (TPSA) is 98.3 Å². The van der Waals surface area contributed by atoms with Gasteiger partial charge in [-0.2, -0.15) is 5.10 Å². The molecule has 98 valence electrons. The van der Waals surface area contributed by atoms with Crippen molar-refractivity contribution in [2.24, 2.45) is 7.05 Å². The van der Waals surface area contributed by atoms with Gasteiger partial charge in [-0.05, 0) is 18.2 Å². The van der Waals surface area contributed by atoms with E-state index in [1.165, 1.54) is 6.33 Å². The fraction of sp³-hybridized carbons (Fsp3) is 0.0769. The highest BCUT2D eigenvalue weighted by Crippen LogP contribution is 2.30. The van der Waals surface area contributed by atoms with Gasteiger partial charge < -0.3 is 10.7 Å². The lowest BCUT2D eigenvalue weighted by atomic mass is 10.2. The summed E-state index contributed by atoms with van der Waals surface area (Å²) < 4.78 is 1.70. The number of H-pyrrole nitrogens is 1. The third-order valence-corrected chi connectivity index (χ3v) is 3.30. The maximum Gasteiger partial charge on any atom is 0.163 e. The van der Waals surface area contributed by atoms with Gasteiger partial charge in [0, 0.05) is 18.6 Å². The molecule has 0 unspecified atom stereocenters. The Morgan fingerprint density at radius 2 is 2.15 bits per heavy atom. The number of fused-ring (bicyclic) bond motifs is 2. The third kappa shape index (κ3) is 1.40. The maximum absolute atomic E-state index is 5.97. The van der Waals surface area contributed by atoms with Crippen LogP contribution in [0.4, 0.5) is 5.82 Å². The van der Waals surface area contributed by atoms with Gasteiger partial charge in [0.05, 0.1) is 11.1 Å². The maximum atomic E-state index is 5.97. The number of hydrogen-bond donors (Lipinski definition) is 2. The van der Waals surface area contributed by atoms with Crippen molar-refractivity contribution in [3.05, 3.63) is 30.7 Å². The van der Waals surface area contributed by atoms with Crippen LogP contribution in [0.5, 0.6) is 0 Å². The van der Waals surface area contributed by atoms with E-state index in [2.05, 4.69) is 25.0 Å². The summed E-state index contributed by atoms with van der Waals surface area (Å²) in [6.07, 6.45) is 3.19. The van der Waals surface area contributed by atoms with Crippen LogP contribution in [0, 0.1) is 0 Å². The Morgan fingerprint density at radius 3 is 3.00 bits per heavy atom. The van der Waals surface area contributed by atoms with Gasteiger partial charge in [0.2, 0.25) is 0 Å². The van der Waals surface area contributed by atoms with Crippen LogP contribution in [0.15, 0.2) is 30.7 Å². The van der Waals surface area contributed by atoms with E-state index >= 15 is 0 Å². The van der Waals surface area contributed by atoms with Crippen molar-refractivity contribution < 1.29 is 0 Å². The fourth-order valence-electron chi connectivity index (χ4n) is 2.38. The highest BCUT2D eigenvalue weighted by molar-refractivity contribution is 5.99. The predicted molar refractivity (Wildman–Crippen MR) is 75.8 cm³/mol. The molecule has 0 atom stereocenters. The van der Waals surface area contributed by atoms with Gasteiger partial charge >= 0.3 is 0 Å². The summed E-state index contributed by atoms with van der Waals surface area (Å²) in [6.45, 7) is 0. The molecule has 4 aromatic rings. The third-order valence-electron chi connectivity index (χ3n) is 3.30. The summed E-state index contributed by atoms with van der Waals surface area (Å²) in [4.78, 5) is 15.8. The van der Waals surface area contributed by atoms with Crippen LogP contribution in [0.3, 0.4) is 0 Å². The number of aryl methyl sites for hydroxylation is 1. The number of aromatic amines is 1. The van der Waals surface area contributed by atoms with E-state index in [9.17, 15) is 0 Å². The van der Waals surface area contributed by atoms with E-state index in [0.717, 1.165) is 27.8 Å². The van der Waals surface area contributed by atoms with E-state index in [1.807, 2.05) is 25.2 Å². The molecule has 0 amide bonds. The Hall–Kier alpha value is -2.96. The Bertz CT molecular complexity index is 901. The molecule has 0 saturated carbocycles. The van der Waals surface area contributed by atoms with Gasteiger partial charge in [-0.15, -0.1) is 0 Å². The molecule has 0 aliphatic heterocycles. The number of nitrogens with zero attached hydrogens (tertiary/aromatic N) is 5. The van der Waals surface area contributed by atoms with Crippen molar-refractivity contribution in [2.45, 2.75) is 0 Å². The highest BCUT2D eigenvalue weighted by Gasteiger charge is 2.16. The van der Waals surface area contributed by atoms with Crippen LogP contribution in [-0.2, 0) is 7.05 Å². The summed E-state index contributed by atoms with van der Waals surface area (Å²) in [5, 5.41) is 6.27. The lowest BCUT2D eigenvalue weighted by Gasteiger charge is -1.96. The summed E-state index contributed by atoms with van der Waals surface area (Å²) >= 11 is 0. The number of pyridine rings is 1. The van der Waals surface area contributed by atoms with Crippen molar-refractivity contribution in [1.29, 1.82) is 0 Å². The molecule has 4 aromatic heterocycles. The Morgan fingerprint density at radius 1 is 1.25 bits per heavy atom. The average Bonchev–Trinajstić information content (AvgIpc) is 3.01. The van der Waals surface area contributed by atoms with Gasteiger partial charge in [0.25, 0.3) is 0 Å². The second kappa shape index (κ2) is 3.77. The monoisotopic (exact) mass is 265 g/mol. The summed E-state index contributed by atoms with van der Waals surface area (Å²) in [5.74, 6) is 0.421. The second-order valence-electron chi connectivity index (χ2n) is 4.55. The van der Waals surface area contributed by atoms with E-state index in [1.54, 1.807) is 10.9 Å². The lowest BCUT2D eigenvalue weighted by molar-refractivity contribution is 0.788. The van der Waals surface area contributed by atoms with Crippen molar-refractivity contribution in [2.75, 3.05) is 5.73 Å². The Balaban J connectivity index is 2.07. The van der Waals surface area contributed by atoms with Crippen LogP contribution < -0.4 is 5.73 Å². The fourth-order valence-corrected chi connectivity index (χ4v) is 2.38. The highest BCUT2D eigenvalue weighted by atomic mass is 15.3. The van der Waals surface area contributed by atoms with Gasteiger partial charge in [-0.1, -0.05) is 0 Å². The molecule has 0 fully saturated rings. The van der Waals surface area contributed by atoms with Crippen molar-refractivity contribution in [3.63, 3.8) is 0 Å². The lowest BCUT2D eigenvalue weighted by Crippen LogP contribution is -1.95. The van der Waals surface area contributed by atoms with Crippen molar-refractivity contribution >= 4 is 27.9 Å². The van der Waals surface area contributed by atoms with E-state index in [-0.39, 0.29) is 0 Å². The number of nitrogens with two attached hydrogens (primary N) is 1. The standard InChI is InChI=1S/C13H11N7/c1-20-13-9(11(14)16-6-17-13)10(19-20)8-5-7-3-2-4-15-12(7)18-8/h2-6H,1H3,(H,15,18)(H2,14,16,17). The number of rotatable bonds is 1. The molecular weight excluding hydrogens is 254 g/mol. The number of anilines is 1. The minimum atomic E-state index is 0.421. The molecule has 0 aromatic carbocycles. The minimum Gasteiger partial charge on any atom is -0.383 e. The quantitative estimate of drug-likeness (QED) is 0.543.